The van der Waals surface area contributed by atoms with E-state index in [9.17, 15) is 0 Å². The molecule has 0 saturated heterocycles. The molecule has 0 aliphatic carbocycles. The third-order valence-corrected chi connectivity index (χ3v) is 11.4. The van der Waals surface area contributed by atoms with Gasteiger partial charge in [-0.1, -0.05) is 170 Å². The summed E-state index contributed by atoms with van der Waals surface area (Å²) in [4.78, 5) is 2.33. The number of furan rings is 1. The lowest BCUT2D eigenvalue weighted by atomic mass is 9.96. The molecule has 0 radical (unpaired) electrons. The molecular formula is C56H37NO. The topological polar surface area (TPSA) is 16.4 Å². The molecule has 10 aromatic carbocycles. The molecule has 0 N–H and O–H groups in total. The Labute approximate surface area is 337 Å². The van der Waals surface area contributed by atoms with E-state index in [1.54, 1.807) is 0 Å². The minimum atomic E-state index is 0.845. The molecule has 0 spiro atoms. The Hall–Kier alpha value is -7.68. The van der Waals surface area contributed by atoms with Crippen LogP contribution in [0.3, 0.4) is 0 Å². The lowest BCUT2D eigenvalue weighted by Gasteiger charge is -2.26. The second-order valence-corrected chi connectivity index (χ2v) is 14.9. The van der Waals surface area contributed by atoms with Gasteiger partial charge in [0, 0.05) is 27.7 Å². The Kier molecular flexibility index (Phi) is 8.19. The van der Waals surface area contributed by atoms with Gasteiger partial charge in [-0.15, -0.1) is 0 Å². The monoisotopic (exact) mass is 739 g/mol. The van der Waals surface area contributed by atoms with Gasteiger partial charge in [-0.25, -0.2) is 0 Å². The molecule has 1 aromatic heterocycles. The lowest BCUT2D eigenvalue weighted by Crippen LogP contribution is -2.10. The van der Waals surface area contributed by atoms with Crippen molar-refractivity contribution in [3.63, 3.8) is 0 Å². The Morgan fingerprint density at radius 3 is 1.33 bits per heavy atom. The summed E-state index contributed by atoms with van der Waals surface area (Å²) in [5, 5.41) is 7.12. The molecule has 0 bridgehead atoms. The molecule has 0 atom stereocenters. The van der Waals surface area contributed by atoms with Gasteiger partial charge in [0.25, 0.3) is 0 Å². The Balaban J connectivity index is 1.08. The van der Waals surface area contributed by atoms with Crippen LogP contribution in [0.25, 0.3) is 88.0 Å². The van der Waals surface area contributed by atoms with Gasteiger partial charge in [-0.3, -0.25) is 0 Å². The molecule has 58 heavy (non-hydrogen) atoms. The van der Waals surface area contributed by atoms with Crippen LogP contribution >= 0.6 is 0 Å². The van der Waals surface area contributed by atoms with Gasteiger partial charge < -0.3 is 9.32 Å². The van der Waals surface area contributed by atoms with Gasteiger partial charge in [-0.05, 0) is 115 Å². The van der Waals surface area contributed by atoms with Crippen molar-refractivity contribution in [2.24, 2.45) is 0 Å². The Morgan fingerprint density at radius 2 is 0.759 bits per heavy atom. The summed E-state index contributed by atoms with van der Waals surface area (Å²) in [6, 6.07) is 80.6. The molecule has 11 aromatic rings. The quantitative estimate of drug-likeness (QED) is 0.162. The average molecular weight is 740 g/mol. The molecule has 11 rings (SSSR count). The second-order valence-electron chi connectivity index (χ2n) is 14.9. The van der Waals surface area contributed by atoms with Crippen LogP contribution in [0.1, 0.15) is 0 Å². The van der Waals surface area contributed by atoms with Crippen LogP contribution in [0, 0.1) is 0 Å². The number of rotatable bonds is 7. The van der Waals surface area contributed by atoms with E-state index in [2.05, 4.69) is 229 Å². The molecule has 0 amide bonds. The molecule has 0 aliphatic heterocycles. The first-order chi connectivity index (χ1) is 28.7. The third-order valence-electron chi connectivity index (χ3n) is 11.4. The van der Waals surface area contributed by atoms with Crippen LogP contribution in [-0.2, 0) is 0 Å². The van der Waals surface area contributed by atoms with Gasteiger partial charge in [-0.2, -0.15) is 0 Å². The number of para-hydroxylation sites is 1. The number of nitrogens with zero attached hydrogens (tertiary/aromatic N) is 1. The highest BCUT2D eigenvalue weighted by Gasteiger charge is 2.22. The smallest absolute Gasteiger partial charge is 0.159 e. The summed E-state index contributed by atoms with van der Waals surface area (Å²) >= 11 is 0. The SMILES string of the molecule is c1ccc(-c2cc(-c3ccccc3)c3oc4c(N(c5ccc(-c6ccc7ccccc7c6)cc5)c5ccc(-c6ccc7ccccc7c6)cc5)cccc4c3c2)cc1. The van der Waals surface area contributed by atoms with Crippen LogP contribution in [0.4, 0.5) is 17.1 Å². The maximum atomic E-state index is 7.11. The molecule has 0 aliphatic rings. The Morgan fingerprint density at radius 1 is 0.276 bits per heavy atom. The van der Waals surface area contributed by atoms with Crippen molar-refractivity contribution in [3.05, 3.63) is 224 Å². The minimum Gasteiger partial charge on any atom is -0.453 e. The largest absolute Gasteiger partial charge is 0.453 e. The molecule has 2 heteroatoms. The van der Waals surface area contributed by atoms with Crippen molar-refractivity contribution in [1.82, 2.24) is 0 Å². The second kappa shape index (κ2) is 14.1. The zero-order chi connectivity index (χ0) is 38.4. The van der Waals surface area contributed by atoms with Crippen molar-refractivity contribution in [2.75, 3.05) is 4.90 Å². The fraction of sp³-hybridized carbons (Fsp3) is 0. The molecule has 0 saturated carbocycles. The maximum Gasteiger partial charge on any atom is 0.159 e. The van der Waals surface area contributed by atoms with Crippen LogP contribution in [0.15, 0.2) is 229 Å². The van der Waals surface area contributed by atoms with Gasteiger partial charge in [0.05, 0.1) is 5.69 Å². The minimum absolute atomic E-state index is 0.845. The van der Waals surface area contributed by atoms with E-state index < -0.39 is 0 Å². The van der Waals surface area contributed by atoms with E-state index in [1.165, 1.54) is 49.4 Å². The zero-order valence-corrected chi connectivity index (χ0v) is 31.7. The maximum absolute atomic E-state index is 7.11. The Bertz CT molecular complexity index is 3130. The van der Waals surface area contributed by atoms with E-state index in [0.717, 1.165) is 55.7 Å². The van der Waals surface area contributed by atoms with Crippen LogP contribution in [-0.4, -0.2) is 0 Å². The molecule has 0 fully saturated rings. The van der Waals surface area contributed by atoms with Gasteiger partial charge in [0.1, 0.15) is 5.58 Å². The van der Waals surface area contributed by atoms with E-state index in [-0.39, 0.29) is 0 Å². The first-order valence-electron chi connectivity index (χ1n) is 19.8. The number of hydrogen-bond acceptors (Lipinski definition) is 2. The van der Waals surface area contributed by atoms with Gasteiger partial charge in [0.15, 0.2) is 5.58 Å². The first-order valence-corrected chi connectivity index (χ1v) is 19.8. The van der Waals surface area contributed by atoms with Crippen molar-refractivity contribution >= 4 is 60.5 Å². The average Bonchev–Trinajstić information content (AvgIpc) is 3.69. The molecule has 272 valence electrons. The van der Waals surface area contributed by atoms with Crippen LogP contribution < -0.4 is 4.90 Å². The third kappa shape index (κ3) is 6.00. The van der Waals surface area contributed by atoms with E-state index >= 15 is 0 Å². The van der Waals surface area contributed by atoms with Crippen LogP contribution in [0.2, 0.25) is 0 Å². The fourth-order valence-corrected chi connectivity index (χ4v) is 8.46. The zero-order valence-electron chi connectivity index (χ0n) is 31.7. The summed E-state index contributed by atoms with van der Waals surface area (Å²) in [7, 11) is 0. The molecule has 0 unspecified atom stereocenters. The fourth-order valence-electron chi connectivity index (χ4n) is 8.46. The summed E-state index contributed by atoms with van der Waals surface area (Å²) in [6.07, 6.45) is 0. The molecular weight excluding hydrogens is 703 g/mol. The summed E-state index contributed by atoms with van der Waals surface area (Å²) < 4.78 is 7.11. The first kappa shape index (κ1) is 33.6. The van der Waals surface area contributed by atoms with Crippen molar-refractivity contribution in [1.29, 1.82) is 0 Å². The predicted octanol–water partition coefficient (Wildman–Crippen LogP) is 16.0. The van der Waals surface area contributed by atoms with E-state index in [0.29, 0.717) is 0 Å². The van der Waals surface area contributed by atoms with E-state index in [4.69, 9.17) is 4.42 Å². The number of hydrogen-bond donors (Lipinski definition) is 0. The molecule has 2 nitrogen and oxygen atoms in total. The lowest BCUT2D eigenvalue weighted by molar-refractivity contribution is 0.670. The van der Waals surface area contributed by atoms with Crippen molar-refractivity contribution in [3.8, 4) is 44.5 Å². The summed E-state index contributed by atoms with van der Waals surface area (Å²) in [5.41, 5.74) is 14.0. The van der Waals surface area contributed by atoms with Crippen molar-refractivity contribution in [2.45, 2.75) is 0 Å². The van der Waals surface area contributed by atoms with Gasteiger partial charge in [0.2, 0.25) is 0 Å². The summed E-state index contributed by atoms with van der Waals surface area (Å²) in [6.45, 7) is 0. The van der Waals surface area contributed by atoms with E-state index in [1.807, 2.05) is 0 Å². The van der Waals surface area contributed by atoms with Crippen molar-refractivity contribution < 1.29 is 4.42 Å². The normalized spacial score (nSPS) is 11.4. The number of benzene rings is 10. The highest BCUT2D eigenvalue weighted by atomic mass is 16.3. The summed E-state index contributed by atoms with van der Waals surface area (Å²) in [5.74, 6) is 0. The highest BCUT2D eigenvalue weighted by molar-refractivity contribution is 6.15. The van der Waals surface area contributed by atoms with Gasteiger partial charge >= 0.3 is 0 Å². The van der Waals surface area contributed by atoms with Crippen LogP contribution in [0.5, 0.6) is 0 Å². The predicted molar refractivity (Wildman–Crippen MR) is 245 cm³/mol. The number of fused-ring (bicyclic) bond motifs is 5. The highest BCUT2D eigenvalue weighted by Crippen LogP contribution is 2.46. The number of anilines is 3. The molecule has 1 heterocycles. The standard InChI is InChI=1S/C56H37NO/c1-3-12-38(13-4-1)48-36-52(43-16-5-2-6-17-43)55-53(37-48)51-20-11-21-54(56(51)58-55)57(49-30-26-41(27-31-49)46-24-22-39-14-7-9-18-44(39)34-46)50-32-28-42(29-33-50)47-25-23-40-15-8-10-19-45(40)35-47/h1-37H.